The number of hydrogen-bond acceptors (Lipinski definition) is 8. The Morgan fingerprint density at radius 1 is 0.950 bits per heavy atom. The average molecular weight is 550 g/mol. The van der Waals surface area contributed by atoms with Gasteiger partial charge in [0.2, 0.25) is 11.8 Å². The molecule has 1 atom stereocenters. The predicted octanol–water partition coefficient (Wildman–Crippen LogP) is 3.44. The van der Waals surface area contributed by atoms with Crippen molar-refractivity contribution in [1.82, 2.24) is 29.6 Å². The first-order valence-electron chi connectivity index (χ1n) is 12.9. The second kappa shape index (κ2) is 12.2. The maximum Gasteiger partial charge on any atom is 0.244 e. The topological polar surface area (TPSA) is 98.5 Å². The van der Waals surface area contributed by atoms with Gasteiger partial charge in [-0.15, -0.1) is 5.10 Å². The molecule has 3 heterocycles. The third-order valence-corrected chi connectivity index (χ3v) is 6.47. The van der Waals surface area contributed by atoms with Gasteiger partial charge in [-0.05, 0) is 55.5 Å². The fourth-order valence-corrected chi connectivity index (χ4v) is 4.44. The van der Waals surface area contributed by atoms with Crippen LogP contribution in [-0.2, 0) is 16.1 Å². The number of nitrogens with zero attached hydrogens (tertiary/aromatic N) is 7. The van der Waals surface area contributed by atoms with Crippen LogP contribution >= 0.6 is 0 Å². The van der Waals surface area contributed by atoms with Crippen LogP contribution in [0.3, 0.4) is 0 Å². The third-order valence-electron chi connectivity index (χ3n) is 6.47. The number of rotatable bonds is 9. The van der Waals surface area contributed by atoms with Gasteiger partial charge in [-0.25, -0.2) is 28.4 Å². The molecule has 2 aromatic carbocycles. The molecule has 1 aliphatic rings. The van der Waals surface area contributed by atoms with Crippen LogP contribution in [0.1, 0.15) is 6.92 Å². The van der Waals surface area contributed by atoms with Crippen LogP contribution in [0.15, 0.2) is 60.9 Å². The van der Waals surface area contributed by atoms with Gasteiger partial charge in [-0.2, -0.15) is 0 Å². The summed E-state index contributed by atoms with van der Waals surface area (Å²) in [4.78, 5) is 30.3. The lowest BCUT2D eigenvalue weighted by Gasteiger charge is -2.35. The minimum absolute atomic E-state index is 0.0518. The van der Waals surface area contributed by atoms with Crippen LogP contribution in [-0.4, -0.2) is 81.5 Å². The van der Waals surface area contributed by atoms with Crippen molar-refractivity contribution >= 4 is 11.7 Å². The third kappa shape index (κ3) is 6.40. The van der Waals surface area contributed by atoms with Crippen molar-refractivity contribution in [3.05, 3.63) is 72.6 Å². The summed E-state index contributed by atoms with van der Waals surface area (Å²) >= 11 is 0. The van der Waals surface area contributed by atoms with Gasteiger partial charge in [0.25, 0.3) is 0 Å². The van der Waals surface area contributed by atoms with Crippen molar-refractivity contribution in [2.45, 2.75) is 19.6 Å². The Balaban J connectivity index is 1.28. The van der Waals surface area contributed by atoms with E-state index in [0.29, 0.717) is 61.4 Å². The summed E-state index contributed by atoms with van der Waals surface area (Å²) in [5.41, 5.74) is 1.22. The molecule has 10 nitrogen and oxygen atoms in total. The van der Waals surface area contributed by atoms with E-state index in [1.807, 2.05) is 6.92 Å². The molecule has 0 N–H and O–H groups in total. The van der Waals surface area contributed by atoms with E-state index in [1.54, 1.807) is 42.3 Å². The fourth-order valence-electron chi connectivity index (χ4n) is 4.44. The highest BCUT2D eigenvalue weighted by molar-refractivity contribution is 5.77. The summed E-state index contributed by atoms with van der Waals surface area (Å²) in [5.74, 6) is 1.07. The van der Waals surface area contributed by atoms with E-state index < -0.39 is 0 Å². The molecule has 1 unspecified atom stereocenters. The van der Waals surface area contributed by atoms with Gasteiger partial charge >= 0.3 is 0 Å². The van der Waals surface area contributed by atoms with E-state index in [-0.39, 0.29) is 30.2 Å². The van der Waals surface area contributed by atoms with Crippen molar-refractivity contribution in [2.75, 3.05) is 44.8 Å². The van der Waals surface area contributed by atoms with Crippen LogP contribution in [0.5, 0.6) is 5.88 Å². The minimum Gasteiger partial charge on any atom is -0.472 e. The number of amides is 1. The highest BCUT2D eigenvalue weighted by atomic mass is 19.1. The molecule has 40 heavy (non-hydrogen) atoms. The van der Waals surface area contributed by atoms with Gasteiger partial charge in [0.1, 0.15) is 36.4 Å². The predicted molar refractivity (Wildman–Crippen MR) is 144 cm³/mol. The van der Waals surface area contributed by atoms with Crippen molar-refractivity contribution in [2.24, 2.45) is 0 Å². The number of aromatic nitrogens is 5. The molecule has 5 rings (SSSR count). The summed E-state index contributed by atoms with van der Waals surface area (Å²) in [6.45, 7) is 4.44. The zero-order valence-corrected chi connectivity index (χ0v) is 22.2. The van der Waals surface area contributed by atoms with Gasteiger partial charge in [0.15, 0.2) is 11.6 Å². The summed E-state index contributed by atoms with van der Waals surface area (Å²) in [5, 5.41) is 4.54. The maximum absolute atomic E-state index is 13.6. The summed E-state index contributed by atoms with van der Waals surface area (Å²) in [6.07, 6.45) is 1.31. The number of benzene rings is 2. The summed E-state index contributed by atoms with van der Waals surface area (Å²) < 4.78 is 39.4. The lowest BCUT2D eigenvalue weighted by atomic mass is 10.2. The van der Waals surface area contributed by atoms with E-state index in [4.69, 9.17) is 9.47 Å². The van der Waals surface area contributed by atoms with E-state index in [9.17, 15) is 13.6 Å². The Kier molecular flexibility index (Phi) is 8.25. The zero-order chi connectivity index (χ0) is 28.1. The van der Waals surface area contributed by atoms with Crippen LogP contribution < -0.4 is 9.64 Å². The number of anilines is 1. The maximum atomic E-state index is 13.6. The second-order valence-corrected chi connectivity index (χ2v) is 9.40. The molecule has 1 fully saturated rings. The van der Waals surface area contributed by atoms with Gasteiger partial charge in [0.05, 0.1) is 6.61 Å². The molecule has 0 aliphatic carbocycles. The molecule has 1 amide bonds. The molecular formula is C28H29F2N7O3. The standard InChI is InChI=1S/C28H29F2N7O3/c1-19(17-39-2)40-25-15-24(31-18-32-25)35-11-13-36(14-12-35)26(38)16-37-28(21-5-9-23(30)10-6-21)33-27(34-37)20-3-7-22(29)8-4-20/h3-10,15,18-19H,11-14,16-17H2,1-2H3. The highest BCUT2D eigenvalue weighted by Crippen LogP contribution is 2.24. The van der Waals surface area contributed by atoms with Crippen molar-refractivity contribution in [1.29, 1.82) is 0 Å². The molecule has 2 aromatic heterocycles. The van der Waals surface area contributed by atoms with E-state index >= 15 is 0 Å². The van der Waals surface area contributed by atoms with Crippen molar-refractivity contribution in [3.63, 3.8) is 0 Å². The van der Waals surface area contributed by atoms with Crippen molar-refractivity contribution in [3.8, 4) is 28.7 Å². The summed E-state index contributed by atoms with van der Waals surface area (Å²) in [6, 6.07) is 13.4. The van der Waals surface area contributed by atoms with Crippen LogP contribution in [0.4, 0.5) is 14.6 Å². The largest absolute Gasteiger partial charge is 0.472 e. The van der Waals surface area contributed by atoms with Crippen LogP contribution in [0, 0.1) is 11.6 Å². The smallest absolute Gasteiger partial charge is 0.244 e. The quantitative estimate of drug-likeness (QED) is 0.313. The number of ether oxygens (including phenoxy) is 2. The molecule has 0 saturated carbocycles. The first kappa shape index (κ1) is 27.1. The minimum atomic E-state index is -0.380. The van der Waals surface area contributed by atoms with Crippen LogP contribution in [0.25, 0.3) is 22.8 Å². The Hall–Kier alpha value is -4.45. The highest BCUT2D eigenvalue weighted by Gasteiger charge is 2.24. The Labute approximate surface area is 230 Å². The molecule has 1 saturated heterocycles. The molecule has 0 radical (unpaired) electrons. The lowest BCUT2D eigenvalue weighted by molar-refractivity contribution is -0.132. The number of hydrogen-bond donors (Lipinski definition) is 0. The molecule has 0 bridgehead atoms. The number of carbonyl (C=O) groups is 1. The zero-order valence-electron chi connectivity index (χ0n) is 22.2. The Morgan fingerprint density at radius 3 is 2.25 bits per heavy atom. The SMILES string of the molecule is COCC(C)Oc1cc(N2CCN(C(=O)Cn3nc(-c4ccc(F)cc4)nc3-c3ccc(F)cc3)CC2)ncn1. The monoisotopic (exact) mass is 549 g/mol. The fraction of sp³-hybridized carbons (Fsp3) is 0.321. The molecule has 208 valence electrons. The number of halogens is 2. The first-order chi connectivity index (χ1) is 19.4. The number of methoxy groups -OCH3 is 1. The summed E-state index contributed by atoms with van der Waals surface area (Å²) in [7, 11) is 1.61. The average Bonchev–Trinajstić information content (AvgIpc) is 3.37. The van der Waals surface area contributed by atoms with Gasteiger partial charge in [-0.3, -0.25) is 4.79 Å². The van der Waals surface area contributed by atoms with Gasteiger partial charge in [0, 0.05) is 50.5 Å². The molecule has 4 aromatic rings. The van der Waals surface area contributed by atoms with E-state index in [0.717, 1.165) is 5.82 Å². The molecular weight excluding hydrogens is 520 g/mol. The normalized spacial score (nSPS) is 14.3. The Morgan fingerprint density at radius 2 is 1.60 bits per heavy atom. The van der Waals surface area contributed by atoms with Gasteiger partial charge in [-0.1, -0.05) is 0 Å². The van der Waals surface area contributed by atoms with Gasteiger partial charge < -0.3 is 19.3 Å². The number of piperazine rings is 1. The van der Waals surface area contributed by atoms with Crippen LogP contribution in [0.2, 0.25) is 0 Å². The first-order valence-corrected chi connectivity index (χ1v) is 12.9. The molecule has 0 spiro atoms. The Bertz CT molecular complexity index is 1440. The second-order valence-electron chi connectivity index (χ2n) is 9.40. The van der Waals surface area contributed by atoms with E-state index in [2.05, 4.69) is 25.0 Å². The lowest BCUT2D eigenvalue weighted by Crippen LogP contribution is -2.50. The number of carbonyl (C=O) groups excluding carboxylic acids is 1. The van der Waals surface area contributed by atoms with Crippen molar-refractivity contribution < 1.29 is 23.0 Å². The molecule has 1 aliphatic heterocycles. The van der Waals surface area contributed by atoms with E-state index in [1.165, 1.54) is 35.3 Å². The molecule has 12 heteroatoms.